The van der Waals surface area contributed by atoms with Crippen molar-refractivity contribution < 1.29 is 138 Å². The highest BCUT2D eigenvalue weighted by atomic mass is 16.8. The molecule has 10 fully saturated rings. The molecule has 11 aliphatic rings. The fourth-order valence-corrected chi connectivity index (χ4v) is 16.4. The number of allylic oxidation sites excluding steroid dienone is 1. The van der Waals surface area contributed by atoms with Gasteiger partial charge in [0, 0.05) is 30.1 Å². The first kappa shape index (κ1) is 63.9. The summed E-state index contributed by atoms with van der Waals surface area (Å²) in [7, 11) is 0. The van der Waals surface area contributed by atoms with Crippen LogP contribution in [0.5, 0.6) is 0 Å². The summed E-state index contributed by atoms with van der Waals surface area (Å²) >= 11 is 0. The standard InChI is InChI=1S/C56H88O28/c1-20-7-10-56(74-18-20)21(2)34-28(84-56)12-26-24-6-5-22-11-23(8-9-54(22,3)25(24)13-33(62)55(26,34)4)75-50-43(71)40(68)45(32(17-60)79-50)80-53-48(47(38(66)31(16-59)78-53)82-51-42(70)39(67)36(64)29(14-57)76-51)83-52-44(72)46(37(65)30(15-58)77-52)81-49-41(69)35(63)27(61)19-73-49/h5,20-21,23-32,34-53,57-61,63-72H,6-19H2,1-4H3. The first-order chi connectivity index (χ1) is 39.9. The molecule has 1 spiro atoms. The van der Waals surface area contributed by atoms with Gasteiger partial charge in [0.1, 0.15) is 122 Å². The van der Waals surface area contributed by atoms with Gasteiger partial charge in [-0.2, -0.15) is 0 Å². The number of carbonyl (C=O) groups is 1. The Morgan fingerprint density at radius 2 is 1.12 bits per heavy atom. The Morgan fingerprint density at radius 3 is 1.79 bits per heavy atom. The van der Waals surface area contributed by atoms with Crippen molar-refractivity contribution >= 4 is 5.78 Å². The van der Waals surface area contributed by atoms with Crippen LogP contribution < -0.4 is 0 Å². The maximum atomic E-state index is 14.8. The molecule has 0 bridgehead atoms. The fraction of sp³-hybridized carbons (Fsp3) is 0.946. The Labute approximate surface area is 484 Å². The number of rotatable bonds is 14. The molecule has 28 heteroatoms. The Hall–Kier alpha value is -1.67. The average Bonchev–Trinajstić information content (AvgIpc) is 1.53. The van der Waals surface area contributed by atoms with E-state index in [1.165, 1.54) is 0 Å². The third-order valence-corrected chi connectivity index (χ3v) is 21.4. The predicted octanol–water partition coefficient (Wildman–Crippen LogP) is -5.35. The van der Waals surface area contributed by atoms with Crippen LogP contribution >= 0.6 is 0 Å². The lowest BCUT2D eigenvalue weighted by atomic mass is 9.46. The molecule has 480 valence electrons. The molecule has 35 atom stereocenters. The molecule has 35 unspecified atom stereocenters. The number of aliphatic hydroxyl groups excluding tert-OH is 15. The maximum Gasteiger partial charge on any atom is 0.187 e. The Balaban J connectivity index is 0.805. The molecule has 7 aliphatic heterocycles. The summed E-state index contributed by atoms with van der Waals surface area (Å²) in [5, 5.41) is 164. The van der Waals surface area contributed by atoms with Crippen LogP contribution in [-0.2, 0) is 61.6 Å². The van der Waals surface area contributed by atoms with Crippen LogP contribution in [0.2, 0.25) is 0 Å². The van der Waals surface area contributed by atoms with Crippen LogP contribution in [0.3, 0.4) is 0 Å². The molecule has 0 amide bonds. The molecule has 0 aromatic carbocycles. The molecule has 7 heterocycles. The van der Waals surface area contributed by atoms with Gasteiger partial charge < -0.3 is 133 Å². The van der Waals surface area contributed by atoms with Crippen molar-refractivity contribution in [2.75, 3.05) is 39.6 Å². The third-order valence-electron chi connectivity index (χ3n) is 21.4. The van der Waals surface area contributed by atoms with Crippen LogP contribution in [0.15, 0.2) is 11.6 Å². The Kier molecular flexibility index (Phi) is 18.9. The molecule has 7 saturated heterocycles. The van der Waals surface area contributed by atoms with Crippen molar-refractivity contribution in [2.24, 2.45) is 46.3 Å². The molecule has 28 nitrogen and oxygen atoms in total. The smallest absolute Gasteiger partial charge is 0.187 e. The van der Waals surface area contributed by atoms with Gasteiger partial charge in [0.2, 0.25) is 0 Å². The zero-order valence-corrected chi connectivity index (χ0v) is 47.5. The van der Waals surface area contributed by atoms with Gasteiger partial charge in [-0.3, -0.25) is 4.79 Å². The van der Waals surface area contributed by atoms with Gasteiger partial charge in [0.05, 0.1) is 51.8 Å². The lowest BCUT2D eigenvalue weighted by Crippen LogP contribution is -2.69. The van der Waals surface area contributed by atoms with Crippen molar-refractivity contribution in [1.29, 1.82) is 0 Å². The molecule has 15 N–H and O–H groups in total. The van der Waals surface area contributed by atoms with Gasteiger partial charge in [-0.25, -0.2) is 0 Å². The summed E-state index contributed by atoms with van der Waals surface area (Å²) < 4.78 is 73.0. The molecular weight excluding hydrogens is 1120 g/mol. The van der Waals surface area contributed by atoms with E-state index in [-0.39, 0.29) is 46.9 Å². The first-order valence-electron chi connectivity index (χ1n) is 29.9. The highest BCUT2D eigenvalue weighted by Crippen LogP contribution is 2.70. The van der Waals surface area contributed by atoms with Gasteiger partial charge in [-0.15, -0.1) is 0 Å². The zero-order chi connectivity index (χ0) is 60.2. The van der Waals surface area contributed by atoms with Crippen LogP contribution in [0, 0.1) is 46.3 Å². The van der Waals surface area contributed by atoms with Gasteiger partial charge in [0.15, 0.2) is 37.2 Å². The molecule has 84 heavy (non-hydrogen) atoms. The normalized spacial score (nSPS) is 55.9. The quantitative estimate of drug-likeness (QED) is 0.0722. The average molecular weight is 1210 g/mol. The SMILES string of the molecule is CC1CCC2(OC1)OC1CC3C4CC=C5CC(OC6OC(CO)C(OC7OC(CO)C(O)C(OC8OC(CO)C(O)C(O)C8O)C7OC7OC(CO)C(O)C(OC8OCC(O)C(O)C8O)C7O)C(O)C6O)CCC5(C)C4CC(=O)C3(C)C1C2C. The van der Waals surface area contributed by atoms with Crippen molar-refractivity contribution in [3.05, 3.63) is 11.6 Å². The van der Waals surface area contributed by atoms with Crippen molar-refractivity contribution in [3.63, 3.8) is 0 Å². The molecule has 11 rings (SSSR count). The van der Waals surface area contributed by atoms with Crippen LogP contribution in [0.1, 0.15) is 79.1 Å². The highest BCUT2D eigenvalue weighted by Gasteiger charge is 2.72. The first-order valence-corrected chi connectivity index (χ1v) is 29.9. The molecule has 4 aliphatic carbocycles. The van der Waals surface area contributed by atoms with Crippen LogP contribution in [0.25, 0.3) is 0 Å². The number of fused-ring (bicyclic) bond motifs is 7. The van der Waals surface area contributed by atoms with E-state index >= 15 is 0 Å². The Bertz CT molecular complexity index is 2290. The summed E-state index contributed by atoms with van der Waals surface area (Å²) in [4.78, 5) is 14.8. The van der Waals surface area contributed by atoms with E-state index in [2.05, 4.69) is 33.8 Å². The van der Waals surface area contributed by atoms with Crippen LogP contribution in [0.4, 0.5) is 0 Å². The van der Waals surface area contributed by atoms with Gasteiger partial charge in [-0.05, 0) is 67.6 Å². The lowest BCUT2D eigenvalue weighted by molar-refractivity contribution is -0.410. The number of Topliss-reactive ketones (excluding diaryl/α,β-unsaturated/α-hetero) is 1. The van der Waals surface area contributed by atoms with E-state index in [4.69, 9.17) is 56.8 Å². The largest absolute Gasteiger partial charge is 0.394 e. The predicted molar refractivity (Wildman–Crippen MR) is 275 cm³/mol. The number of carbonyl (C=O) groups excluding carboxylic acids is 1. The van der Waals surface area contributed by atoms with Gasteiger partial charge in [0.25, 0.3) is 0 Å². The summed E-state index contributed by atoms with van der Waals surface area (Å²) in [6.07, 6.45) is -37.8. The maximum absolute atomic E-state index is 14.8. The summed E-state index contributed by atoms with van der Waals surface area (Å²) in [6, 6.07) is 0. The second-order valence-electron chi connectivity index (χ2n) is 26.1. The molecular formula is C56H88O28. The Morgan fingerprint density at radius 1 is 0.548 bits per heavy atom. The minimum absolute atomic E-state index is 0.0601. The number of aliphatic hydroxyl groups is 15. The van der Waals surface area contributed by atoms with E-state index < -0.39 is 198 Å². The van der Waals surface area contributed by atoms with E-state index in [0.29, 0.717) is 38.2 Å². The molecule has 0 radical (unpaired) electrons. The van der Waals surface area contributed by atoms with E-state index in [9.17, 15) is 81.4 Å². The van der Waals surface area contributed by atoms with E-state index in [1.807, 2.05) is 0 Å². The summed E-state index contributed by atoms with van der Waals surface area (Å²) in [5.74, 6) is 0.705. The summed E-state index contributed by atoms with van der Waals surface area (Å²) in [6.45, 7) is 5.14. The lowest BCUT2D eigenvalue weighted by Gasteiger charge is -2.58. The minimum Gasteiger partial charge on any atom is -0.394 e. The molecule has 0 aromatic rings. The van der Waals surface area contributed by atoms with Gasteiger partial charge >= 0.3 is 0 Å². The number of hydrogen-bond acceptors (Lipinski definition) is 28. The third kappa shape index (κ3) is 10.9. The van der Waals surface area contributed by atoms with Gasteiger partial charge in [-0.1, -0.05) is 39.3 Å². The second kappa shape index (κ2) is 24.8. The molecule has 3 saturated carbocycles. The zero-order valence-electron chi connectivity index (χ0n) is 47.5. The number of ketones is 1. The molecule has 0 aromatic heterocycles. The monoisotopic (exact) mass is 1210 g/mol. The van der Waals surface area contributed by atoms with E-state index in [0.717, 1.165) is 31.3 Å². The minimum atomic E-state index is -2.16. The van der Waals surface area contributed by atoms with Crippen molar-refractivity contribution in [2.45, 2.75) is 244 Å². The summed E-state index contributed by atoms with van der Waals surface area (Å²) in [5.41, 5.74) is 0.251. The van der Waals surface area contributed by atoms with Crippen molar-refractivity contribution in [1.82, 2.24) is 0 Å². The van der Waals surface area contributed by atoms with Crippen molar-refractivity contribution in [3.8, 4) is 0 Å². The topological polar surface area (TPSA) is 431 Å². The van der Waals surface area contributed by atoms with Crippen LogP contribution in [-0.4, -0.2) is 287 Å². The fourth-order valence-electron chi connectivity index (χ4n) is 16.4. The van der Waals surface area contributed by atoms with E-state index in [1.54, 1.807) is 0 Å². The second-order valence-corrected chi connectivity index (χ2v) is 26.1. The number of ether oxygens (including phenoxy) is 12. The highest BCUT2D eigenvalue weighted by molar-refractivity contribution is 5.87. The number of hydrogen-bond donors (Lipinski definition) is 15.